The highest BCUT2D eigenvalue weighted by Crippen LogP contribution is 2.42. The number of carbonyl (C=O) groups excluding carboxylic acids is 2. The quantitative estimate of drug-likeness (QED) is 0.371. The number of aromatic nitrogens is 1. The maximum Gasteiger partial charge on any atom is 0.414 e. The van der Waals surface area contributed by atoms with Crippen LogP contribution in [-0.4, -0.2) is 28.9 Å². The highest BCUT2D eigenvalue weighted by atomic mass is 35.5. The molecule has 2 aromatic rings. The molecule has 0 radical (unpaired) electrons. The van der Waals surface area contributed by atoms with Crippen LogP contribution in [0.4, 0.5) is 10.5 Å². The average molecular weight is 520 g/mol. The van der Waals surface area contributed by atoms with Gasteiger partial charge in [0.15, 0.2) is 5.75 Å². The van der Waals surface area contributed by atoms with Gasteiger partial charge in [-0.3, -0.25) is 20.3 Å². The number of imide groups is 1. The summed E-state index contributed by atoms with van der Waals surface area (Å²) in [7, 11) is 0. The molecule has 0 bridgehead atoms. The topological polar surface area (TPSA) is 135 Å². The standard InChI is InChI=1S/C23H23Cl2N5O5/c1-4-34-23(33)27-21(31)19(10-26)29-28-14-7-17(24)20(18(25)8-14)35-15-9-16(13-5-6-13)22(32)30(11-15)12(2)3/h7-9,11-13,28H,4-6H2,1-3H3,(H,27,31,33)/b29-19+. The molecule has 1 aliphatic rings. The number of hydrogen-bond acceptors (Lipinski definition) is 8. The first-order valence-electron chi connectivity index (χ1n) is 10.8. The molecule has 12 heteroatoms. The number of carbonyl (C=O) groups is 2. The number of pyridine rings is 1. The normalized spacial score (nSPS) is 13.2. The number of hydrazone groups is 1. The number of nitrogens with zero attached hydrogens (tertiary/aromatic N) is 3. The fourth-order valence-electron chi connectivity index (χ4n) is 3.13. The number of amides is 2. The number of nitrogens with one attached hydrogen (secondary N) is 2. The smallest absolute Gasteiger partial charge is 0.414 e. The molecule has 0 spiro atoms. The van der Waals surface area contributed by atoms with E-state index < -0.39 is 17.7 Å². The molecule has 0 atom stereocenters. The predicted octanol–water partition coefficient (Wildman–Crippen LogP) is 4.97. The van der Waals surface area contributed by atoms with E-state index in [0.717, 1.165) is 12.8 Å². The van der Waals surface area contributed by atoms with Crippen molar-refractivity contribution in [1.82, 2.24) is 9.88 Å². The minimum absolute atomic E-state index is 0.0373. The second-order valence-corrected chi connectivity index (χ2v) is 8.76. The SMILES string of the molecule is CCOC(=O)NC(=O)/C(C#N)=N/Nc1cc(Cl)c(Oc2cc(C3CC3)c(=O)n(C(C)C)c2)c(Cl)c1. The van der Waals surface area contributed by atoms with Crippen LogP contribution >= 0.6 is 23.2 Å². The van der Waals surface area contributed by atoms with E-state index in [1.54, 1.807) is 29.8 Å². The Morgan fingerprint density at radius 2 is 1.91 bits per heavy atom. The van der Waals surface area contributed by atoms with Crippen LogP contribution in [-0.2, 0) is 9.53 Å². The van der Waals surface area contributed by atoms with Gasteiger partial charge in [-0.15, -0.1) is 0 Å². The highest BCUT2D eigenvalue weighted by molar-refractivity contribution is 6.47. The predicted molar refractivity (Wildman–Crippen MR) is 131 cm³/mol. The molecule has 3 rings (SSSR count). The number of rotatable bonds is 8. The maximum atomic E-state index is 12.7. The Labute approximate surface area is 211 Å². The van der Waals surface area contributed by atoms with Gasteiger partial charge in [0, 0.05) is 11.6 Å². The molecule has 1 aliphatic carbocycles. The number of ether oxygens (including phenoxy) is 2. The van der Waals surface area contributed by atoms with E-state index in [-0.39, 0.29) is 45.6 Å². The van der Waals surface area contributed by atoms with Gasteiger partial charge in [0.25, 0.3) is 11.5 Å². The average Bonchev–Trinajstić information content (AvgIpc) is 3.62. The largest absolute Gasteiger partial charge is 0.453 e. The molecule has 0 aliphatic heterocycles. The Hall–Kier alpha value is -3.55. The second-order valence-electron chi connectivity index (χ2n) is 7.94. The Morgan fingerprint density at radius 1 is 1.26 bits per heavy atom. The van der Waals surface area contributed by atoms with Gasteiger partial charge in [0.2, 0.25) is 5.71 Å². The molecule has 1 heterocycles. The summed E-state index contributed by atoms with van der Waals surface area (Å²) in [5.74, 6) is -0.228. The summed E-state index contributed by atoms with van der Waals surface area (Å²) in [6.07, 6.45) is 2.54. The summed E-state index contributed by atoms with van der Waals surface area (Å²) in [5, 5.41) is 15.0. The number of anilines is 1. The summed E-state index contributed by atoms with van der Waals surface area (Å²) < 4.78 is 12.2. The third-order valence-electron chi connectivity index (χ3n) is 4.95. The molecule has 1 aromatic carbocycles. The van der Waals surface area contributed by atoms with E-state index in [9.17, 15) is 14.4 Å². The third-order valence-corrected chi connectivity index (χ3v) is 5.51. The molecule has 1 saturated carbocycles. The van der Waals surface area contributed by atoms with E-state index in [4.69, 9.17) is 33.2 Å². The lowest BCUT2D eigenvalue weighted by molar-refractivity contribution is -0.114. The van der Waals surface area contributed by atoms with Gasteiger partial charge in [-0.25, -0.2) is 4.79 Å². The van der Waals surface area contributed by atoms with Crippen LogP contribution in [0.25, 0.3) is 0 Å². The van der Waals surface area contributed by atoms with Gasteiger partial charge in [0.05, 0.1) is 28.5 Å². The third kappa shape index (κ3) is 6.53. The van der Waals surface area contributed by atoms with Gasteiger partial charge in [-0.1, -0.05) is 23.2 Å². The van der Waals surface area contributed by atoms with Crippen LogP contribution in [0.15, 0.2) is 34.3 Å². The van der Waals surface area contributed by atoms with Crippen molar-refractivity contribution < 1.29 is 19.1 Å². The first-order chi connectivity index (χ1) is 16.6. The Morgan fingerprint density at radius 3 is 2.46 bits per heavy atom. The van der Waals surface area contributed by atoms with Gasteiger partial charge >= 0.3 is 6.09 Å². The van der Waals surface area contributed by atoms with E-state index in [0.29, 0.717) is 11.3 Å². The van der Waals surface area contributed by atoms with E-state index in [2.05, 4.69) is 15.3 Å². The van der Waals surface area contributed by atoms with Crippen LogP contribution < -0.4 is 21.0 Å². The second kappa shape index (κ2) is 11.3. The molecule has 35 heavy (non-hydrogen) atoms. The number of alkyl carbamates (subject to hydrolysis) is 1. The van der Waals surface area contributed by atoms with Crippen LogP contribution in [0.1, 0.15) is 51.1 Å². The summed E-state index contributed by atoms with van der Waals surface area (Å²) in [5.41, 5.74) is 2.80. The van der Waals surface area contributed by atoms with Gasteiger partial charge in [-0.05, 0) is 57.7 Å². The molecule has 2 N–H and O–H groups in total. The summed E-state index contributed by atoms with van der Waals surface area (Å²) in [6, 6.07) is 6.10. The van der Waals surface area contributed by atoms with Crippen molar-refractivity contribution >= 4 is 46.6 Å². The minimum Gasteiger partial charge on any atom is -0.453 e. The van der Waals surface area contributed by atoms with Crippen molar-refractivity contribution in [3.05, 3.63) is 50.4 Å². The van der Waals surface area contributed by atoms with Crippen molar-refractivity contribution in [2.45, 2.75) is 45.6 Å². The summed E-state index contributed by atoms with van der Waals surface area (Å²) in [4.78, 5) is 36.0. The molecule has 2 amide bonds. The van der Waals surface area contributed by atoms with E-state index in [1.807, 2.05) is 19.2 Å². The van der Waals surface area contributed by atoms with Crippen LogP contribution in [0.5, 0.6) is 11.5 Å². The Balaban J connectivity index is 1.81. The zero-order valence-electron chi connectivity index (χ0n) is 19.2. The highest BCUT2D eigenvalue weighted by Gasteiger charge is 2.28. The zero-order valence-corrected chi connectivity index (χ0v) is 20.7. The molecule has 0 unspecified atom stereocenters. The van der Waals surface area contributed by atoms with Crippen LogP contribution in [0, 0.1) is 11.3 Å². The molecule has 1 fully saturated rings. The summed E-state index contributed by atoms with van der Waals surface area (Å²) >= 11 is 12.8. The van der Waals surface area contributed by atoms with E-state index in [1.165, 1.54) is 12.1 Å². The first kappa shape index (κ1) is 26.1. The molecule has 1 aromatic heterocycles. The lowest BCUT2D eigenvalue weighted by atomic mass is 10.1. The number of benzene rings is 1. The molecule has 10 nitrogen and oxygen atoms in total. The van der Waals surface area contributed by atoms with Crippen molar-refractivity contribution in [2.75, 3.05) is 12.0 Å². The molecular formula is C23H23Cl2N5O5. The monoisotopic (exact) mass is 519 g/mol. The fourth-order valence-corrected chi connectivity index (χ4v) is 3.69. The number of nitriles is 1. The van der Waals surface area contributed by atoms with Crippen molar-refractivity contribution in [3.63, 3.8) is 0 Å². The van der Waals surface area contributed by atoms with Gasteiger partial charge in [0.1, 0.15) is 11.8 Å². The lowest BCUT2D eigenvalue weighted by Crippen LogP contribution is -2.36. The lowest BCUT2D eigenvalue weighted by Gasteiger charge is -2.16. The Bertz CT molecular complexity index is 1230. The van der Waals surface area contributed by atoms with E-state index >= 15 is 0 Å². The first-order valence-corrected chi connectivity index (χ1v) is 11.5. The number of hydrogen-bond donors (Lipinski definition) is 2. The van der Waals surface area contributed by atoms with Crippen molar-refractivity contribution in [2.24, 2.45) is 5.10 Å². The van der Waals surface area contributed by atoms with Gasteiger partial charge < -0.3 is 14.0 Å². The zero-order chi connectivity index (χ0) is 25.7. The fraction of sp³-hybridized carbons (Fsp3) is 0.348. The molecule has 184 valence electrons. The van der Waals surface area contributed by atoms with Crippen molar-refractivity contribution in [3.8, 4) is 17.6 Å². The Kier molecular flexibility index (Phi) is 8.38. The number of halogens is 2. The van der Waals surface area contributed by atoms with Gasteiger partial charge in [-0.2, -0.15) is 10.4 Å². The molecular weight excluding hydrogens is 497 g/mol. The van der Waals surface area contributed by atoms with Crippen molar-refractivity contribution in [1.29, 1.82) is 5.26 Å². The minimum atomic E-state index is -1.04. The molecule has 0 saturated heterocycles. The van der Waals surface area contributed by atoms with Crippen LogP contribution in [0.2, 0.25) is 10.0 Å². The van der Waals surface area contributed by atoms with Crippen LogP contribution in [0.3, 0.4) is 0 Å². The maximum absolute atomic E-state index is 12.7. The summed E-state index contributed by atoms with van der Waals surface area (Å²) in [6.45, 7) is 5.44.